The van der Waals surface area contributed by atoms with Crippen LogP contribution in [0.4, 0.5) is 29.3 Å². The van der Waals surface area contributed by atoms with E-state index in [2.05, 4.69) is 5.32 Å². The number of imide groups is 2. The summed E-state index contributed by atoms with van der Waals surface area (Å²) in [6.45, 7) is 0.502. The van der Waals surface area contributed by atoms with Gasteiger partial charge in [-0.25, -0.2) is 9.69 Å². The molecular formula is C24H22F3N3O4. The third-order valence-corrected chi connectivity index (χ3v) is 7.00. The second-order valence-corrected chi connectivity index (χ2v) is 8.79. The number of alkyl halides is 3. The van der Waals surface area contributed by atoms with Gasteiger partial charge < -0.3 is 9.64 Å². The van der Waals surface area contributed by atoms with Crippen molar-refractivity contribution in [3.05, 3.63) is 53.6 Å². The summed E-state index contributed by atoms with van der Waals surface area (Å²) in [4.78, 5) is 42.9. The lowest BCUT2D eigenvalue weighted by molar-refractivity contribution is -0.145. The Bertz CT molecular complexity index is 1180. The number of piperidine rings is 1. The van der Waals surface area contributed by atoms with Gasteiger partial charge in [0.05, 0.1) is 24.4 Å². The molecule has 1 N–H and O–H groups in total. The summed E-state index contributed by atoms with van der Waals surface area (Å²) < 4.78 is 45.5. The largest absolute Gasteiger partial charge is 0.497 e. The SMILES string of the molecule is COc1ccc(N2C(=O)NC(=O)C3(Cc4cc(C(F)(F)F)ccc4N4CCCCC43)C2=O)cc1. The van der Waals surface area contributed by atoms with Crippen LogP contribution in [0, 0.1) is 5.41 Å². The molecule has 34 heavy (non-hydrogen) atoms. The Morgan fingerprint density at radius 2 is 1.79 bits per heavy atom. The maximum atomic E-state index is 14.0. The van der Waals surface area contributed by atoms with Crippen molar-refractivity contribution in [1.82, 2.24) is 5.32 Å². The number of hydrogen-bond acceptors (Lipinski definition) is 5. The maximum Gasteiger partial charge on any atom is 0.416 e. The average Bonchev–Trinajstić information content (AvgIpc) is 2.82. The monoisotopic (exact) mass is 473 g/mol. The van der Waals surface area contributed by atoms with Crippen molar-refractivity contribution in [3.8, 4) is 5.75 Å². The molecule has 0 saturated carbocycles. The van der Waals surface area contributed by atoms with Gasteiger partial charge in [-0.3, -0.25) is 14.9 Å². The predicted octanol–water partition coefficient (Wildman–Crippen LogP) is 3.90. The molecule has 2 atom stereocenters. The summed E-state index contributed by atoms with van der Waals surface area (Å²) in [5, 5.41) is 2.30. The van der Waals surface area contributed by atoms with Gasteiger partial charge in [-0.1, -0.05) is 0 Å². The Balaban J connectivity index is 1.64. The molecule has 2 fully saturated rings. The molecule has 0 aliphatic carbocycles. The molecule has 1 spiro atoms. The van der Waals surface area contributed by atoms with Gasteiger partial charge in [0.15, 0.2) is 5.41 Å². The number of carbonyl (C=O) groups is 3. The van der Waals surface area contributed by atoms with Gasteiger partial charge in [-0.15, -0.1) is 0 Å². The predicted molar refractivity (Wildman–Crippen MR) is 117 cm³/mol. The molecule has 0 bridgehead atoms. The third-order valence-electron chi connectivity index (χ3n) is 7.00. The molecular weight excluding hydrogens is 451 g/mol. The number of anilines is 2. The second-order valence-electron chi connectivity index (χ2n) is 8.79. The fraction of sp³-hybridized carbons (Fsp3) is 0.375. The van der Waals surface area contributed by atoms with E-state index in [4.69, 9.17) is 4.74 Å². The number of hydrogen-bond donors (Lipinski definition) is 1. The Morgan fingerprint density at radius 3 is 2.47 bits per heavy atom. The molecule has 2 saturated heterocycles. The first-order valence-electron chi connectivity index (χ1n) is 11.0. The van der Waals surface area contributed by atoms with E-state index in [1.165, 1.54) is 25.3 Å². The number of carbonyl (C=O) groups excluding carboxylic acids is 3. The lowest BCUT2D eigenvalue weighted by Crippen LogP contribution is -2.72. The number of nitrogens with zero attached hydrogens (tertiary/aromatic N) is 2. The van der Waals surface area contributed by atoms with Crippen molar-refractivity contribution >= 4 is 29.2 Å². The molecule has 10 heteroatoms. The summed E-state index contributed by atoms with van der Waals surface area (Å²) in [5.74, 6) is -0.984. The highest BCUT2D eigenvalue weighted by Crippen LogP contribution is 2.49. The van der Waals surface area contributed by atoms with Crippen LogP contribution in [0.1, 0.15) is 30.4 Å². The Labute approximate surface area is 193 Å². The Hall–Kier alpha value is -3.56. The topological polar surface area (TPSA) is 79.0 Å². The molecule has 2 aromatic rings. The summed E-state index contributed by atoms with van der Waals surface area (Å²) in [6.07, 6.45) is -2.74. The lowest BCUT2D eigenvalue weighted by atomic mass is 9.66. The van der Waals surface area contributed by atoms with Gasteiger partial charge in [0.2, 0.25) is 5.91 Å². The standard InChI is InChI=1S/C24H22F3N3O4/c1-34-17-8-6-16(7-9-17)30-21(32)23(20(31)28-22(30)33)13-14-12-15(24(25,26)27)5-10-18(14)29-11-3-2-4-19(23)29/h5-10,12,19H,2-4,11,13H2,1H3,(H,28,31,33). The number of benzene rings is 2. The highest BCUT2D eigenvalue weighted by Gasteiger charge is 2.62. The van der Waals surface area contributed by atoms with Crippen LogP contribution in [0.5, 0.6) is 5.75 Å². The number of nitrogens with one attached hydrogen (secondary N) is 1. The van der Waals surface area contributed by atoms with Crippen LogP contribution in [0.25, 0.3) is 0 Å². The van der Waals surface area contributed by atoms with Crippen molar-refractivity contribution in [2.24, 2.45) is 5.41 Å². The van der Waals surface area contributed by atoms with Crippen LogP contribution in [0.15, 0.2) is 42.5 Å². The number of urea groups is 1. The molecule has 3 aliphatic heterocycles. The van der Waals surface area contributed by atoms with Gasteiger partial charge in [-0.2, -0.15) is 13.2 Å². The van der Waals surface area contributed by atoms with Crippen LogP contribution >= 0.6 is 0 Å². The molecule has 2 aromatic carbocycles. The molecule has 178 valence electrons. The fourth-order valence-electron chi connectivity index (χ4n) is 5.40. The molecule has 7 nitrogen and oxygen atoms in total. The molecule has 3 heterocycles. The lowest BCUT2D eigenvalue weighted by Gasteiger charge is -2.53. The van der Waals surface area contributed by atoms with Gasteiger partial charge in [0.25, 0.3) is 5.91 Å². The van der Waals surface area contributed by atoms with E-state index in [1.807, 2.05) is 4.90 Å². The van der Waals surface area contributed by atoms with E-state index in [0.717, 1.165) is 29.9 Å². The van der Waals surface area contributed by atoms with Crippen molar-refractivity contribution < 1.29 is 32.3 Å². The van der Waals surface area contributed by atoms with E-state index >= 15 is 0 Å². The minimum absolute atomic E-state index is 0.224. The van der Waals surface area contributed by atoms with Gasteiger partial charge in [-0.05, 0) is 73.7 Å². The molecule has 0 aromatic heterocycles. The minimum atomic E-state index is -4.56. The molecule has 2 unspecified atom stereocenters. The zero-order chi connectivity index (χ0) is 24.3. The fourth-order valence-corrected chi connectivity index (χ4v) is 5.40. The van der Waals surface area contributed by atoms with Crippen LogP contribution in [0.3, 0.4) is 0 Å². The molecule has 4 amide bonds. The van der Waals surface area contributed by atoms with E-state index in [1.54, 1.807) is 12.1 Å². The Kier molecular flexibility index (Phi) is 5.07. The Morgan fingerprint density at radius 1 is 1.06 bits per heavy atom. The van der Waals surface area contributed by atoms with Crippen molar-refractivity contribution in [2.75, 3.05) is 23.5 Å². The first kappa shape index (κ1) is 22.2. The van der Waals surface area contributed by atoms with Gasteiger partial charge in [0.1, 0.15) is 5.75 Å². The number of fused-ring (bicyclic) bond motifs is 4. The second kappa shape index (κ2) is 7.75. The van der Waals surface area contributed by atoms with Crippen molar-refractivity contribution in [2.45, 2.75) is 37.9 Å². The molecule has 0 radical (unpaired) electrons. The highest BCUT2D eigenvalue weighted by atomic mass is 19.4. The maximum absolute atomic E-state index is 14.0. The van der Waals surface area contributed by atoms with Gasteiger partial charge in [0, 0.05) is 12.2 Å². The minimum Gasteiger partial charge on any atom is -0.497 e. The van der Waals surface area contributed by atoms with Crippen molar-refractivity contribution in [1.29, 1.82) is 0 Å². The molecule has 5 rings (SSSR count). The third kappa shape index (κ3) is 3.23. The zero-order valence-corrected chi connectivity index (χ0v) is 18.3. The van der Waals surface area contributed by atoms with Crippen LogP contribution in [-0.2, 0) is 22.2 Å². The summed E-state index contributed by atoms with van der Waals surface area (Å²) in [7, 11) is 1.48. The first-order valence-corrected chi connectivity index (χ1v) is 11.0. The van der Waals surface area contributed by atoms with Crippen molar-refractivity contribution in [3.63, 3.8) is 0 Å². The first-order chi connectivity index (χ1) is 16.2. The molecule has 3 aliphatic rings. The van der Waals surface area contributed by atoms with Gasteiger partial charge >= 0.3 is 12.2 Å². The number of barbiturate groups is 1. The number of methoxy groups -OCH3 is 1. The number of ether oxygens (including phenoxy) is 1. The summed E-state index contributed by atoms with van der Waals surface area (Å²) >= 11 is 0. The van der Waals surface area contributed by atoms with E-state index in [0.29, 0.717) is 24.4 Å². The smallest absolute Gasteiger partial charge is 0.416 e. The van der Waals surface area contributed by atoms with Crippen LogP contribution in [0.2, 0.25) is 0 Å². The van der Waals surface area contributed by atoms with E-state index in [-0.39, 0.29) is 17.7 Å². The average molecular weight is 473 g/mol. The highest BCUT2D eigenvalue weighted by molar-refractivity contribution is 6.30. The van der Waals surface area contributed by atoms with E-state index < -0.39 is 41.0 Å². The van der Waals surface area contributed by atoms with Crippen LogP contribution in [-0.4, -0.2) is 37.5 Å². The van der Waals surface area contributed by atoms with Crippen LogP contribution < -0.4 is 19.9 Å². The number of amides is 4. The summed E-state index contributed by atoms with van der Waals surface area (Å²) in [6, 6.07) is 8.20. The normalized spacial score (nSPS) is 24.6. The van der Waals surface area contributed by atoms with E-state index in [9.17, 15) is 27.6 Å². The number of halogens is 3. The quantitative estimate of drug-likeness (QED) is 0.670. The summed E-state index contributed by atoms with van der Waals surface area (Å²) in [5.41, 5.74) is -1.47. The number of rotatable bonds is 2. The zero-order valence-electron chi connectivity index (χ0n) is 18.3.